The minimum atomic E-state index is -4.70. The van der Waals surface area contributed by atoms with E-state index in [1.807, 2.05) is 78.9 Å². The molecule has 2 N–H and O–H groups in total. The van der Waals surface area contributed by atoms with Gasteiger partial charge in [0.1, 0.15) is 12.4 Å². The highest BCUT2D eigenvalue weighted by atomic mass is 31.2. The van der Waals surface area contributed by atoms with Gasteiger partial charge in [-0.3, -0.25) is 4.57 Å². The van der Waals surface area contributed by atoms with Crippen LogP contribution in [0.3, 0.4) is 0 Å². The van der Waals surface area contributed by atoms with Crippen molar-refractivity contribution in [1.29, 1.82) is 0 Å². The summed E-state index contributed by atoms with van der Waals surface area (Å²) in [5.74, 6) is -1.11. The third-order valence-corrected chi connectivity index (χ3v) is 11.0. The monoisotopic (exact) mass is 739 g/mol. The fraction of sp³-hybridized carbons (Fsp3) is 0.390. The van der Waals surface area contributed by atoms with Crippen molar-refractivity contribution in [3.05, 3.63) is 137 Å². The van der Waals surface area contributed by atoms with Gasteiger partial charge in [-0.1, -0.05) is 130 Å². The zero-order valence-corrected chi connectivity index (χ0v) is 30.5. The average molecular weight is 740 g/mol. The molecule has 0 aliphatic rings. The molecular formula is C41H49F3NO6P. The molecule has 4 aromatic carbocycles. The van der Waals surface area contributed by atoms with Gasteiger partial charge in [0.15, 0.2) is 0 Å². The Hall–Kier alpha value is -4.11. The molecule has 1 amide bonds. The van der Waals surface area contributed by atoms with Crippen LogP contribution in [0, 0.1) is 0 Å². The number of hydrogen-bond donors (Lipinski definition) is 2. The zero-order valence-electron chi connectivity index (χ0n) is 29.6. The predicted molar refractivity (Wildman–Crippen MR) is 198 cm³/mol. The SMILES string of the molecule is CCCCCCCOc1ccc(C(CO)CC(COP(=O)(Cc2ccccc2)Cc2ccccc2)NC(=O)OCc2ccccc2)cc1C(F)(F)F. The number of aliphatic hydroxyl groups is 1. The molecule has 280 valence electrons. The van der Waals surface area contributed by atoms with Crippen molar-refractivity contribution in [2.75, 3.05) is 19.8 Å². The first kappa shape index (κ1) is 40.7. The fourth-order valence-corrected chi connectivity index (χ4v) is 8.17. The van der Waals surface area contributed by atoms with E-state index in [9.17, 15) is 27.6 Å². The molecule has 0 saturated carbocycles. The lowest BCUT2D eigenvalue weighted by molar-refractivity contribution is -0.139. The first-order valence-corrected chi connectivity index (χ1v) is 19.8. The number of halogens is 3. The lowest BCUT2D eigenvalue weighted by Crippen LogP contribution is -2.40. The molecule has 4 rings (SSSR count). The van der Waals surface area contributed by atoms with E-state index in [0.29, 0.717) is 6.42 Å². The maximum absolute atomic E-state index is 14.5. The normalized spacial score (nSPS) is 12.9. The third-order valence-electron chi connectivity index (χ3n) is 8.65. The molecule has 11 heteroatoms. The van der Waals surface area contributed by atoms with E-state index in [1.54, 1.807) is 12.1 Å². The lowest BCUT2D eigenvalue weighted by Gasteiger charge is -2.27. The van der Waals surface area contributed by atoms with Crippen molar-refractivity contribution in [3.63, 3.8) is 0 Å². The van der Waals surface area contributed by atoms with E-state index in [0.717, 1.165) is 48.4 Å². The molecule has 4 aromatic rings. The number of alkyl carbamates (subject to hydrolysis) is 1. The van der Waals surface area contributed by atoms with E-state index < -0.39 is 43.8 Å². The number of carbonyl (C=O) groups excluding carboxylic acids is 1. The van der Waals surface area contributed by atoms with Crippen LogP contribution in [0.5, 0.6) is 5.75 Å². The Morgan fingerprint density at radius 3 is 1.94 bits per heavy atom. The van der Waals surface area contributed by atoms with Crippen LogP contribution >= 0.6 is 7.37 Å². The molecule has 0 aliphatic heterocycles. The Bertz CT molecular complexity index is 1630. The largest absolute Gasteiger partial charge is 0.493 e. The molecule has 0 fully saturated rings. The first-order valence-electron chi connectivity index (χ1n) is 17.8. The van der Waals surface area contributed by atoms with E-state index in [2.05, 4.69) is 12.2 Å². The van der Waals surface area contributed by atoms with Gasteiger partial charge in [-0.2, -0.15) is 13.2 Å². The topological polar surface area (TPSA) is 94.1 Å². The average Bonchev–Trinajstić information content (AvgIpc) is 3.14. The highest BCUT2D eigenvalue weighted by Crippen LogP contribution is 2.53. The second-order valence-corrected chi connectivity index (χ2v) is 15.5. The van der Waals surface area contributed by atoms with Crippen LogP contribution in [0.1, 0.15) is 79.2 Å². The molecular weight excluding hydrogens is 690 g/mol. The Morgan fingerprint density at radius 2 is 1.38 bits per heavy atom. The predicted octanol–water partition coefficient (Wildman–Crippen LogP) is 10.5. The molecule has 0 radical (unpaired) electrons. The van der Waals surface area contributed by atoms with Crippen molar-refractivity contribution < 1.29 is 41.6 Å². The van der Waals surface area contributed by atoms with Crippen LogP contribution in [0.15, 0.2) is 109 Å². The molecule has 0 bridgehead atoms. The Kier molecular flexibility index (Phi) is 16.3. The summed E-state index contributed by atoms with van der Waals surface area (Å²) < 4.78 is 74.5. The number of aliphatic hydroxyl groups excluding tert-OH is 1. The van der Waals surface area contributed by atoms with E-state index in [-0.39, 0.29) is 49.9 Å². The number of amides is 1. The smallest absolute Gasteiger partial charge is 0.419 e. The van der Waals surface area contributed by atoms with E-state index >= 15 is 0 Å². The van der Waals surface area contributed by atoms with Gasteiger partial charge in [-0.25, -0.2) is 4.79 Å². The zero-order chi connectivity index (χ0) is 37.2. The number of unbranched alkanes of at least 4 members (excludes halogenated alkanes) is 4. The van der Waals surface area contributed by atoms with Gasteiger partial charge in [-0.05, 0) is 47.2 Å². The highest BCUT2D eigenvalue weighted by Gasteiger charge is 2.36. The number of rotatable bonds is 21. The van der Waals surface area contributed by atoms with Crippen molar-refractivity contribution >= 4 is 13.5 Å². The summed E-state index contributed by atoms with van der Waals surface area (Å²) in [6.45, 7) is 1.49. The number of nitrogens with one attached hydrogen (secondary N) is 1. The van der Waals surface area contributed by atoms with Crippen molar-refractivity contribution in [1.82, 2.24) is 5.32 Å². The Morgan fingerprint density at radius 1 is 0.808 bits per heavy atom. The van der Waals surface area contributed by atoms with E-state index in [4.69, 9.17) is 14.0 Å². The molecule has 52 heavy (non-hydrogen) atoms. The van der Waals surface area contributed by atoms with Crippen LogP contribution in [0.2, 0.25) is 0 Å². The van der Waals surface area contributed by atoms with Gasteiger partial charge in [0.2, 0.25) is 7.37 Å². The molecule has 7 nitrogen and oxygen atoms in total. The molecule has 0 heterocycles. The summed E-state index contributed by atoms with van der Waals surface area (Å²) in [4.78, 5) is 13.1. The van der Waals surface area contributed by atoms with Crippen LogP contribution in [-0.2, 0) is 38.9 Å². The summed E-state index contributed by atoms with van der Waals surface area (Å²) in [6, 6.07) is 30.5. The van der Waals surface area contributed by atoms with Crippen LogP contribution in [-0.4, -0.2) is 37.1 Å². The van der Waals surface area contributed by atoms with Crippen molar-refractivity contribution in [2.45, 2.75) is 82.5 Å². The first-order chi connectivity index (χ1) is 25.1. The molecule has 2 atom stereocenters. The quantitative estimate of drug-likeness (QED) is 0.0653. The number of benzene rings is 4. The summed E-state index contributed by atoms with van der Waals surface area (Å²) in [6.07, 6.45) is -0.612. The maximum Gasteiger partial charge on any atom is 0.419 e. The molecule has 0 spiro atoms. The highest BCUT2D eigenvalue weighted by molar-refractivity contribution is 7.57. The van der Waals surface area contributed by atoms with Gasteiger partial charge < -0.3 is 24.4 Å². The number of ether oxygens (including phenoxy) is 2. The second kappa shape index (κ2) is 20.8. The molecule has 0 aliphatic carbocycles. The number of carbonyl (C=O) groups is 1. The lowest BCUT2D eigenvalue weighted by atomic mass is 9.91. The Balaban J connectivity index is 1.55. The van der Waals surface area contributed by atoms with Crippen LogP contribution < -0.4 is 10.1 Å². The molecule has 2 unspecified atom stereocenters. The third kappa shape index (κ3) is 13.8. The summed E-state index contributed by atoms with van der Waals surface area (Å²) in [7, 11) is -3.42. The van der Waals surface area contributed by atoms with Crippen molar-refractivity contribution in [2.24, 2.45) is 0 Å². The van der Waals surface area contributed by atoms with Gasteiger partial charge in [-0.15, -0.1) is 0 Å². The van der Waals surface area contributed by atoms with Gasteiger partial charge in [0.25, 0.3) is 0 Å². The molecule has 0 aromatic heterocycles. The Labute approximate surface area is 305 Å². The van der Waals surface area contributed by atoms with E-state index in [1.165, 1.54) is 12.1 Å². The minimum Gasteiger partial charge on any atom is -0.493 e. The molecule has 0 saturated heterocycles. The second-order valence-electron chi connectivity index (χ2n) is 12.9. The van der Waals surface area contributed by atoms with Crippen LogP contribution in [0.25, 0.3) is 0 Å². The van der Waals surface area contributed by atoms with Crippen molar-refractivity contribution in [3.8, 4) is 5.75 Å². The van der Waals surface area contributed by atoms with Crippen LogP contribution in [0.4, 0.5) is 18.0 Å². The summed E-state index contributed by atoms with van der Waals surface area (Å²) in [5, 5.41) is 13.2. The summed E-state index contributed by atoms with van der Waals surface area (Å²) in [5.41, 5.74) is 1.66. The maximum atomic E-state index is 14.5. The van der Waals surface area contributed by atoms with Gasteiger partial charge in [0.05, 0.1) is 43.7 Å². The summed E-state index contributed by atoms with van der Waals surface area (Å²) >= 11 is 0. The number of alkyl halides is 3. The fourth-order valence-electron chi connectivity index (χ4n) is 5.89. The number of hydrogen-bond acceptors (Lipinski definition) is 6. The van der Waals surface area contributed by atoms with Gasteiger partial charge >= 0.3 is 12.3 Å². The standard InChI is InChI=1S/C41H49F3NO6P/c1-2-3-4-5-15-24-49-39-23-22-35(26-38(39)41(42,43)44)36(27-46)25-37(45-40(47)50-28-32-16-9-6-10-17-32)29-51-52(48,30-33-18-11-7-12-19-33)31-34-20-13-8-14-21-34/h6-14,16-23,26,36-37,46H,2-5,15,24-25,27-31H2,1H3,(H,45,47). The van der Waals surface area contributed by atoms with Gasteiger partial charge in [0, 0.05) is 5.92 Å². The minimum absolute atomic E-state index is 0.0147.